The highest BCUT2D eigenvalue weighted by Crippen LogP contribution is 2.41. The van der Waals surface area contributed by atoms with Crippen molar-refractivity contribution in [2.75, 3.05) is 0 Å². The molecule has 4 heteroatoms. The second-order valence-electron chi connectivity index (χ2n) is 7.63. The minimum atomic E-state index is -1.87. The van der Waals surface area contributed by atoms with Gasteiger partial charge in [0.2, 0.25) is 0 Å². The fourth-order valence-corrected chi connectivity index (χ4v) is 4.29. The summed E-state index contributed by atoms with van der Waals surface area (Å²) in [5.74, 6) is 0.486. The lowest BCUT2D eigenvalue weighted by atomic mass is 9.83. The molecule has 1 fully saturated rings. The van der Waals surface area contributed by atoms with Crippen LogP contribution in [0, 0.1) is 5.92 Å². The lowest BCUT2D eigenvalue weighted by molar-refractivity contribution is 0.00428. The Bertz CT molecular complexity index is 330. The molecule has 1 saturated carbocycles. The molecule has 1 N–H and O–H groups in total. The average Bonchev–Trinajstić information content (AvgIpc) is 2.34. The van der Waals surface area contributed by atoms with Gasteiger partial charge in [0, 0.05) is 3.58 Å². The molecule has 0 aromatic rings. The van der Waals surface area contributed by atoms with Crippen molar-refractivity contribution in [3.05, 3.63) is 10.2 Å². The van der Waals surface area contributed by atoms with E-state index in [0.717, 1.165) is 3.58 Å². The minimum absolute atomic E-state index is 0.0689. The number of rotatable bonds is 5. The third-order valence-corrected chi connectivity index (χ3v) is 10.1. The largest absolute Gasteiger partial charge is 0.411 e. The molecule has 0 unspecified atom stereocenters. The summed E-state index contributed by atoms with van der Waals surface area (Å²) in [5, 5.41) is 10.7. The Hall–Kier alpha value is 0.607. The number of hydrogen-bond acceptors (Lipinski definition) is 2. The Morgan fingerprint density at radius 2 is 1.75 bits per heavy atom. The van der Waals surface area contributed by atoms with Crippen LogP contribution in [0.25, 0.3) is 0 Å². The molecule has 0 heterocycles. The second kappa shape index (κ2) is 7.25. The van der Waals surface area contributed by atoms with Crippen LogP contribution in [0.4, 0.5) is 0 Å². The van der Waals surface area contributed by atoms with Crippen molar-refractivity contribution in [3.8, 4) is 0 Å². The van der Waals surface area contributed by atoms with E-state index in [1.807, 2.05) is 0 Å². The molecule has 0 radical (unpaired) electrons. The zero-order valence-corrected chi connectivity index (χ0v) is 16.9. The van der Waals surface area contributed by atoms with Crippen molar-refractivity contribution >= 4 is 30.9 Å². The van der Waals surface area contributed by atoms with Gasteiger partial charge in [-0.3, -0.25) is 0 Å². The molecular weight excluding hydrogens is 379 g/mol. The second-order valence-corrected chi connectivity index (χ2v) is 13.8. The Balaban J connectivity index is 2.90. The van der Waals surface area contributed by atoms with Gasteiger partial charge in [0.1, 0.15) is 6.10 Å². The Labute approximate surface area is 139 Å². The number of hydrogen-bond donors (Lipinski definition) is 1. The van der Waals surface area contributed by atoms with Crippen molar-refractivity contribution in [2.24, 2.45) is 5.92 Å². The van der Waals surface area contributed by atoms with Gasteiger partial charge in [-0.15, -0.1) is 0 Å². The van der Waals surface area contributed by atoms with Crippen molar-refractivity contribution in [2.45, 2.75) is 83.2 Å². The molecule has 0 saturated heterocycles. The van der Waals surface area contributed by atoms with E-state index in [2.05, 4.69) is 63.0 Å². The van der Waals surface area contributed by atoms with E-state index in [9.17, 15) is 5.11 Å². The topological polar surface area (TPSA) is 29.5 Å². The highest BCUT2D eigenvalue weighted by Gasteiger charge is 2.43. The van der Waals surface area contributed by atoms with Gasteiger partial charge in [0.05, 0.1) is 6.10 Å². The summed E-state index contributed by atoms with van der Waals surface area (Å²) in [6.07, 6.45) is 5.62. The Morgan fingerprint density at radius 1 is 1.25 bits per heavy atom. The van der Waals surface area contributed by atoms with Crippen LogP contribution < -0.4 is 0 Å². The summed E-state index contributed by atoms with van der Waals surface area (Å²) in [5.41, 5.74) is 0. The summed E-state index contributed by atoms with van der Waals surface area (Å²) in [6.45, 7) is 15.2. The minimum Gasteiger partial charge on any atom is -0.411 e. The maximum atomic E-state index is 10.6. The van der Waals surface area contributed by atoms with E-state index in [1.54, 1.807) is 0 Å². The van der Waals surface area contributed by atoms with Crippen LogP contribution >= 0.6 is 22.6 Å². The summed E-state index contributed by atoms with van der Waals surface area (Å²) in [4.78, 5) is 0. The van der Waals surface area contributed by atoms with E-state index in [-0.39, 0.29) is 11.1 Å². The smallest absolute Gasteiger partial charge is 0.192 e. The number of halogens is 1. The Kier molecular flexibility index (Phi) is 6.76. The summed E-state index contributed by atoms with van der Waals surface area (Å²) in [7, 11) is -1.87. The standard InChI is InChI=1S/C16H31IO2Si/c1-12(17)14(18)15(13-10-8-7-9-11-13)19-20(5,6)16(2,3)4/h13-15,18H,1,7-11H2,2-6H3/t14-,15-/m0/s1. The maximum Gasteiger partial charge on any atom is 0.192 e. The van der Waals surface area contributed by atoms with E-state index in [1.165, 1.54) is 32.1 Å². The van der Waals surface area contributed by atoms with Gasteiger partial charge in [-0.1, -0.05) is 46.6 Å². The van der Waals surface area contributed by atoms with Crippen LogP contribution in [0.2, 0.25) is 18.1 Å². The predicted molar refractivity (Wildman–Crippen MR) is 97.8 cm³/mol. The number of aliphatic hydroxyl groups is 1. The SMILES string of the molecule is C=C(I)[C@H](O)[C@@H](O[Si](C)(C)C(C)(C)C)C1CCCCC1. The van der Waals surface area contributed by atoms with Gasteiger partial charge in [-0.25, -0.2) is 0 Å². The summed E-state index contributed by atoms with van der Waals surface area (Å²) in [6, 6.07) is 0. The van der Waals surface area contributed by atoms with E-state index >= 15 is 0 Å². The van der Waals surface area contributed by atoms with Crippen LogP contribution in [0.5, 0.6) is 0 Å². The van der Waals surface area contributed by atoms with Gasteiger partial charge in [0.25, 0.3) is 0 Å². The number of aliphatic hydroxyl groups excluding tert-OH is 1. The van der Waals surface area contributed by atoms with Crippen LogP contribution in [0.15, 0.2) is 10.2 Å². The molecule has 2 atom stereocenters. The lowest BCUT2D eigenvalue weighted by Gasteiger charge is -2.43. The van der Waals surface area contributed by atoms with Gasteiger partial charge < -0.3 is 9.53 Å². The molecule has 0 aliphatic heterocycles. The molecule has 1 rings (SSSR count). The maximum absolute atomic E-state index is 10.6. The molecule has 1 aliphatic rings. The molecular formula is C16H31IO2Si. The molecule has 0 bridgehead atoms. The van der Waals surface area contributed by atoms with Gasteiger partial charge >= 0.3 is 0 Å². The molecule has 0 aromatic carbocycles. The zero-order valence-electron chi connectivity index (χ0n) is 13.7. The van der Waals surface area contributed by atoms with Gasteiger partial charge in [-0.05, 0) is 59.5 Å². The molecule has 118 valence electrons. The third kappa shape index (κ3) is 4.82. The van der Waals surface area contributed by atoms with E-state index in [4.69, 9.17) is 4.43 Å². The molecule has 20 heavy (non-hydrogen) atoms. The quantitative estimate of drug-likeness (QED) is 0.495. The fraction of sp³-hybridized carbons (Fsp3) is 0.875. The highest BCUT2D eigenvalue weighted by molar-refractivity contribution is 14.1. The van der Waals surface area contributed by atoms with Gasteiger partial charge in [-0.2, -0.15) is 0 Å². The van der Waals surface area contributed by atoms with Crippen molar-refractivity contribution in [1.29, 1.82) is 0 Å². The van der Waals surface area contributed by atoms with Crippen LogP contribution in [-0.2, 0) is 4.43 Å². The first-order valence-electron chi connectivity index (χ1n) is 7.76. The fourth-order valence-electron chi connectivity index (χ4n) is 2.58. The van der Waals surface area contributed by atoms with Crippen LogP contribution in [0.1, 0.15) is 52.9 Å². The van der Waals surface area contributed by atoms with Crippen molar-refractivity contribution < 1.29 is 9.53 Å². The molecule has 0 spiro atoms. The molecule has 0 amide bonds. The Morgan fingerprint density at radius 3 is 2.15 bits per heavy atom. The summed E-state index contributed by atoms with van der Waals surface area (Å²) < 4.78 is 7.39. The van der Waals surface area contributed by atoms with Crippen LogP contribution in [-0.4, -0.2) is 25.6 Å². The molecule has 2 nitrogen and oxygen atoms in total. The first-order valence-corrected chi connectivity index (χ1v) is 11.7. The molecule has 0 aromatic heterocycles. The first-order chi connectivity index (χ1) is 9.06. The van der Waals surface area contributed by atoms with E-state index in [0.29, 0.717) is 5.92 Å². The summed E-state index contributed by atoms with van der Waals surface area (Å²) >= 11 is 2.14. The van der Waals surface area contributed by atoms with E-state index < -0.39 is 14.4 Å². The monoisotopic (exact) mass is 410 g/mol. The van der Waals surface area contributed by atoms with Crippen LogP contribution in [0.3, 0.4) is 0 Å². The highest BCUT2D eigenvalue weighted by atomic mass is 127. The third-order valence-electron chi connectivity index (χ3n) is 4.98. The molecule has 1 aliphatic carbocycles. The predicted octanol–water partition coefficient (Wildman–Crippen LogP) is 5.27. The van der Waals surface area contributed by atoms with Gasteiger partial charge in [0.15, 0.2) is 8.32 Å². The first kappa shape index (κ1) is 18.7. The lowest BCUT2D eigenvalue weighted by Crippen LogP contribution is -2.50. The normalized spacial score (nSPS) is 21.6. The average molecular weight is 410 g/mol. The van der Waals surface area contributed by atoms with Crippen molar-refractivity contribution in [1.82, 2.24) is 0 Å². The van der Waals surface area contributed by atoms with Crippen molar-refractivity contribution in [3.63, 3.8) is 0 Å². The zero-order chi connectivity index (χ0) is 15.6.